The highest BCUT2D eigenvalue weighted by Crippen LogP contribution is 2.11. The van der Waals surface area contributed by atoms with Crippen molar-refractivity contribution in [2.24, 2.45) is 0 Å². The van der Waals surface area contributed by atoms with E-state index in [1.807, 2.05) is 0 Å². The molecule has 0 saturated carbocycles. The van der Waals surface area contributed by atoms with Crippen molar-refractivity contribution in [1.82, 2.24) is 41.7 Å². The second-order valence-corrected chi connectivity index (χ2v) is 16.6. The first-order valence-corrected chi connectivity index (χ1v) is 19.9. The van der Waals surface area contributed by atoms with Crippen molar-refractivity contribution in [3.8, 4) is 0 Å². The Bertz CT molecular complexity index is 1700. The first kappa shape index (κ1) is 51.7. The van der Waals surface area contributed by atoms with Crippen LogP contribution in [0.5, 0.6) is 0 Å². The number of carbonyl (C=O) groups excluding carboxylic acids is 12. The summed E-state index contributed by atoms with van der Waals surface area (Å²) in [5, 5.41) is 14.2. The van der Waals surface area contributed by atoms with Crippen molar-refractivity contribution in [2.75, 3.05) is 13.1 Å². The van der Waals surface area contributed by atoms with E-state index < -0.39 is 131 Å². The molecule has 2 heterocycles. The lowest BCUT2D eigenvalue weighted by atomic mass is 10.0. The fraction of sp³-hybridized carbons (Fsp3) is 0.600. The van der Waals surface area contributed by atoms with Gasteiger partial charge in [-0.2, -0.15) is 0 Å². The summed E-state index contributed by atoms with van der Waals surface area (Å²) in [5.74, 6) is -9.96. The summed E-state index contributed by atoms with van der Waals surface area (Å²) in [6.45, 7) is 14.5. The third-order valence-corrected chi connectivity index (χ3v) is 8.65. The lowest BCUT2D eigenvalue weighted by Gasteiger charge is -2.30. The van der Waals surface area contributed by atoms with E-state index in [0.717, 1.165) is 34.1 Å². The molecular formula is C40H58N8O14. The molecule has 0 fully saturated rings. The van der Waals surface area contributed by atoms with Crippen LogP contribution in [0, 0.1) is 0 Å². The third-order valence-electron chi connectivity index (χ3n) is 8.65. The predicted molar refractivity (Wildman–Crippen MR) is 216 cm³/mol. The van der Waals surface area contributed by atoms with Gasteiger partial charge in [-0.05, 0) is 82.1 Å². The average Bonchev–Trinajstić information content (AvgIpc) is 3.64. The molecule has 0 unspecified atom stereocenters. The lowest BCUT2D eigenvalue weighted by Crippen LogP contribution is -2.66. The van der Waals surface area contributed by atoms with Gasteiger partial charge in [0, 0.05) is 50.2 Å². The number of esters is 2. The Balaban J connectivity index is 2.42. The normalized spacial score (nSPS) is 16.7. The molecule has 0 aliphatic carbocycles. The topological polar surface area (TPSA) is 302 Å². The summed E-state index contributed by atoms with van der Waals surface area (Å²) in [7, 11) is 0. The van der Waals surface area contributed by atoms with Crippen LogP contribution >= 0.6 is 0 Å². The van der Waals surface area contributed by atoms with Crippen LogP contribution in [-0.2, 0) is 67.0 Å². The first-order chi connectivity index (χ1) is 28.6. The zero-order valence-electron chi connectivity index (χ0n) is 36.6. The van der Waals surface area contributed by atoms with Gasteiger partial charge in [0.2, 0.25) is 35.4 Å². The minimum Gasteiger partial charge on any atom is -0.458 e. The van der Waals surface area contributed by atoms with Gasteiger partial charge in [0.1, 0.15) is 47.5 Å². The largest absolute Gasteiger partial charge is 0.458 e. The number of rotatable bonds is 21. The van der Waals surface area contributed by atoms with Crippen molar-refractivity contribution < 1.29 is 67.0 Å². The molecule has 0 bridgehead atoms. The van der Waals surface area contributed by atoms with Crippen LogP contribution in [0.25, 0.3) is 0 Å². The monoisotopic (exact) mass is 874 g/mol. The number of ether oxygens (including phenoxy) is 2. The molecule has 2 aliphatic heterocycles. The Labute approximate surface area is 359 Å². The van der Waals surface area contributed by atoms with E-state index in [4.69, 9.17) is 9.47 Å². The zero-order chi connectivity index (χ0) is 47.3. The van der Waals surface area contributed by atoms with Crippen LogP contribution in [0.2, 0.25) is 0 Å². The number of carbonyl (C=O) groups is 12. The molecule has 6 atom stereocenters. The van der Waals surface area contributed by atoms with E-state index in [9.17, 15) is 57.5 Å². The summed E-state index contributed by atoms with van der Waals surface area (Å²) in [6, 6.07) is -9.27. The molecule has 22 nitrogen and oxygen atoms in total. The van der Waals surface area contributed by atoms with E-state index in [1.165, 1.54) is 27.7 Å². The molecule has 0 aromatic rings. The molecule has 0 radical (unpaired) electrons. The number of nitrogens with zero attached hydrogens (tertiary/aromatic N) is 2. The maximum absolute atomic E-state index is 14.1. The Morgan fingerprint density at radius 2 is 0.742 bits per heavy atom. The Morgan fingerprint density at radius 1 is 0.468 bits per heavy atom. The smallest absolute Gasteiger partial charge is 0.328 e. The maximum atomic E-state index is 14.1. The van der Waals surface area contributed by atoms with E-state index in [1.54, 1.807) is 41.5 Å². The summed E-state index contributed by atoms with van der Waals surface area (Å²) >= 11 is 0. The lowest BCUT2D eigenvalue weighted by molar-refractivity contribution is -0.158. The fourth-order valence-electron chi connectivity index (χ4n) is 5.50. The summed E-state index contributed by atoms with van der Waals surface area (Å²) < 4.78 is 10.5. The molecular weight excluding hydrogens is 816 g/mol. The summed E-state index contributed by atoms with van der Waals surface area (Å²) in [4.78, 5) is 156. The molecule has 0 aromatic heterocycles. The third kappa shape index (κ3) is 16.9. The average molecular weight is 875 g/mol. The van der Waals surface area contributed by atoms with Crippen LogP contribution < -0.4 is 31.9 Å². The van der Waals surface area contributed by atoms with Crippen LogP contribution in [0.15, 0.2) is 24.3 Å². The van der Waals surface area contributed by atoms with E-state index in [-0.39, 0.29) is 25.9 Å². The molecule has 62 heavy (non-hydrogen) atoms. The van der Waals surface area contributed by atoms with Crippen LogP contribution in [0.1, 0.15) is 94.9 Å². The van der Waals surface area contributed by atoms with Crippen molar-refractivity contribution in [1.29, 1.82) is 0 Å². The number of imide groups is 2. The van der Waals surface area contributed by atoms with Gasteiger partial charge in [0.25, 0.3) is 23.6 Å². The quantitative estimate of drug-likeness (QED) is 0.0541. The Kier molecular flexibility index (Phi) is 18.7. The van der Waals surface area contributed by atoms with Gasteiger partial charge < -0.3 is 41.4 Å². The van der Waals surface area contributed by atoms with Crippen molar-refractivity contribution in [2.45, 2.75) is 142 Å². The molecule has 2 rings (SSSR count). The van der Waals surface area contributed by atoms with Crippen LogP contribution in [0.4, 0.5) is 0 Å². The Hall–Kier alpha value is -6.48. The van der Waals surface area contributed by atoms with Gasteiger partial charge in [-0.3, -0.25) is 57.7 Å². The van der Waals surface area contributed by atoms with E-state index in [2.05, 4.69) is 31.9 Å². The van der Waals surface area contributed by atoms with E-state index in [0.29, 0.717) is 0 Å². The maximum Gasteiger partial charge on any atom is 0.328 e. The molecule has 342 valence electrons. The predicted octanol–water partition coefficient (Wildman–Crippen LogP) is -1.93. The van der Waals surface area contributed by atoms with Crippen LogP contribution in [-0.4, -0.2) is 141 Å². The van der Waals surface area contributed by atoms with E-state index >= 15 is 0 Å². The Morgan fingerprint density at radius 3 is 1.02 bits per heavy atom. The molecule has 0 spiro atoms. The number of nitrogens with one attached hydrogen (secondary N) is 6. The number of amides is 10. The standard InChI is InChI=1S/C40H58N8O14/c1-21(33(55)43-23(3)37(59)61-39(5,6)7)41-35(57)31(45-25(49)13-11-19-47-27(51)15-16-28(47)52)32(46-26(50)14-12-20-48-29(53)17-18-30(48)54)36(58)42-22(2)34(56)44-24(4)38(60)62-40(8,9)10/h15-18,21-24,31-32H,11-14,19-20H2,1-10H3,(H,41,57)(H,42,58)(H,43,55)(H,44,56)(H,45,49)(H,46,50)/t21-,22-,23-,24-,31-,32-/m0/s1. The molecule has 6 N–H and O–H groups in total. The van der Waals surface area contributed by atoms with Gasteiger partial charge in [-0.25, -0.2) is 9.59 Å². The molecule has 0 saturated heterocycles. The van der Waals surface area contributed by atoms with Gasteiger partial charge in [0.15, 0.2) is 0 Å². The van der Waals surface area contributed by atoms with Gasteiger partial charge in [0.05, 0.1) is 0 Å². The zero-order valence-corrected chi connectivity index (χ0v) is 36.6. The molecule has 22 heteroatoms. The first-order valence-electron chi connectivity index (χ1n) is 19.9. The van der Waals surface area contributed by atoms with Crippen molar-refractivity contribution >= 4 is 71.0 Å². The molecule has 2 aliphatic rings. The molecule has 0 aromatic carbocycles. The second kappa shape index (κ2) is 22.4. The summed E-state index contributed by atoms with van der Waals surface area (Å²) in [5.41, 5.74) is -1.76. The highest BCUT2D eigenvalue weighted by atomic mass is 16.6. The minimum absolute atomic E-state index is 0.0975. The highest BCUT2D eigenvalue weighted by molar-refractivity contribution is 6.13. The van der Waals surface area contributed by atoms with Gasteiger partial charge in [-0.15, -0.1) is 0 Å². The fourth-order valence-corrected chi connectivity index (χ4v) is 5.50. The van der Waals surface area contributed by atoms with Gasteiger partial charge in [-0.1, -0.05) is 0 Å². The number of hydrogen-bond acceptors (Lipinski definition) is 14. The SMILES string of the molecule is C[C@H](NC(=O)[C@@H](NC(=O)CCCN1C(=O)C=CC1=O)[C@H](NC(=O)CCCN1C(=O)C=CC1=O)C(=O)N[C@@H](C)C(=O)N[C@@H](C)C(=O)OC(C)(C)C)C(=O)N[C@@H](C)C(=O)OC(C)(C)C. The van der Waals surface area contributed by atoms with Crippen molar-refractivity contribution in [3.63, 3.8) is 0 Å². The number of hydrogen-bond donors (Lipinski definition) is 6. The minimum atomic E-state index is -2.02. The molecule has 10 amide bonds. The van der Waals surface area contributed by atoms with Gasteiger partial charge >= 0.3 is 11.9 Å². The second-order valence-electron chi connectivity index (χ2n) is 16.6. The van der Waals surface area contributed by atoms with Crippen molar-refractivity contribution in [3.05, 3.63) is 24.3 Å². The van der Waals surface area contributed by atoms with Crippen LogP contribution in [0.3, 0.4) is 0 Å². The highest BCUT2D eigenvalue weighted by Gasteiger charge is 2.39. The summed E-state index contributed by atoms with van der Waals surface area (Å²) in [6.07, 6.45) is 3.18.